The molecule has 0 radical (unpaired) electrons. The SMILES string of the molecule is O=C(O)C[C@H](NC(=O)OCc1ccccc1)c1cc(F)ccc1F. The van der Waals surface area contributed by atoms with Gasteiger partial charge in [0.2, 0.25) is 0 Å². The van der Waals surface area contributed by atoms with Gasteiger partial charge in [0, 0.05) is 5.56 Å². The average Bonchev–Trinajstić information content (AvgIpc) is 2.55. The number of hydrogen-bond acceptors (Lipinski definition) is 3. The average molecular weight is 335 g/mol. The summed E-state index contributed by atoms with van der Waals surface area (Å²) >= 11 is 0. The maximum absolute atomic E-state index is 13.8. The van der Waals surface area contributed by atoms with Crippen molar-refractivity contribution in [3.63, 3.8) is 0 Å². The lowest BCUT2D eigenvalue weighted by molar-refractivity contribution is -0.137. The van der Waals surface area contributed by atoms with Crippen molar-refractivity contribution in [2.45, 2.75) is 19.1 Å². The van der Waals surface area contributed by atoms with Crippen LogP contribution in [0.3, 0.4) is 0 Å². The van der Waals surface area contributed by atoms with Gasteiger partial charge in [-0.3, -0.25) is 4.79 Å². The molecule has 0 unspecified atom stereocenters. The van der Waals surface area contributed by atoms with E-state index in [4.69, 9.17) is 9.84 Å². The number of aliphatic carboxylic acids is 1. The van der Waals surface area contributed by atoms with Crippen LogP contribution >= 0.6 is 0 Å². The Morgan fingerprint density at radius 3 is 2.50 bits per heavy atom. The van der Waals surface area contributed by atoms with Crippen molar-refractivity contribution in [3.05, 3.63) is 71.3 Å². The molecular formula is C17H15F2NO4. The van der Waals surface area contributed by atoms with Gasteiger partial charge in [0.1, 0.15) is 18.2 Å². The highest BCUT2D eigenvalue weighted by molar-refractivity contribution is 5.72. The fourth-order valence-corrected chi connectivity index (χ4v) is 2.10. The molecule has 1 atom stereocenters. The maximum Gasteiger partial charge on any atom is 0.407 e. The van der Waals surface area contributed by atoms with Crippen molar-refractivity contribution in [2.75, 3.05) is 0 Å². The summed E-state index contributed by atoms with van der Waals surface area (Å²) in [4.78, 5) is 22.8. The lowest BCUT2D eigenvalue weighted by atomic mass is 10.0. The number of alkyl carbamates (subject to hydrolysis) is 1. The number of hydrogen-bond donors (Lipinski definition) is 2. The highest BCUT2D eigenvalue weighted by atomic mass is 19.1. The van der Waals surface area contributed by atoms with E-state index >= 15 is 0 Å². The minimum Gasteiger partial charge on any atom is -0.481 e. The molecule has 0 aliphatic carbocycles. The van der Waals surface area contributed by atoms with Crippen LogP contribution in [0.15, 0.2) is 48.5 Å². The Labute approximate surface area is 136 Å². The lowest BCUT2D eigenvalue weighted by Crippen LogP contribution is -2.31. The number of amides is 1. The van der Waals surface area contributed by atoms with Crippen LogP contribution in [0.5, 0.6) is 0 Å². The van der Waals surface area contributed by atoms with E-state index in [9.17, 15) is 18.4 Å². The Morgan fingerprint density at radius 2 is 1.83 bits per heavy atom. The largest absolute Gasteiger partial charge is 0.481 e. The third-order valence-corrected chi connectivity index (χ3v) is 3.22. The van der Waals surface area contributed by atoms with Crippen LogP contribution in [0.25, 0.3) is 0 Å². The van der Waals surface area contributed by atoms with Crippen LogP contribution in [0.4, 0.5) is 13.6 Å². The third-order valence-electron chi connectivity index (χ3n) is 3.22. The first-order valence-electron chi connectivity index (χ1n) is 7.09. The molecule has 0 aliphatic heterocycles. The normalized spacial score (nSPS) is 11.6. The van der Waals surface area contributed by atoms with E-state index in [1.54, 1.807) is 30.3 Å². The standard InChI is InChI=1S/C17H15F2NO4/c18-12-6-7-14(19)13(8-12)15(9-16(21)22)20-17(23)24-10-11-4-2-1-3-5-11/h1-8,15H,9-10H2,(H,20,23)(H,21,22)/t15-/m0/s1. The van der Waals surface area contributed by atoms with Crippen LogP contribution in [-0.2, 0) is 16.1 Å². The van der Waals surface area contributed by atoms with Crippen molar-refractivity contribution in [3.8, 4) is 0 Å². The summed E-state index contributed by atoms with van der Waals surface area (Å²) in [6, 6.07) is 10.2. The molecule has 2 aromatic rings. The number of carboxylic acids is 1. The second kappa shape index (κ2) is 8.05. The number of carbonyl (C=O) groups is 2. The van der Waals surface area contributed by atoms with E-state index < -0.39 is 36.2 Å². The molecule has 24 heavy (non-hydrogen) atoms. The summed E-state index contributed by atoms with van der Waals surface area (Å²) in [6.07, 6.45) is -1.53. The highest BCUT2D eigenvalue weighted by Crippen LogP contribution is 2.21. The highest BCUT2D eigenvalue weighted by Gasteiger charge is 2.22. The molecule has 0 fully saturated rings. The van der Waals surface area contributed by atoms with Crippen LogP contribution in [0.2, 0.25) is 0 Å². The minimum atomic E-state index is -1.27. The Hall–Kier alpha value is -2.96. The van der Waals surface area contributed by atoms with Gasteiger partial charge in [0.25, 0.3) is 0 Å². The molecule has 126 valence electrons. The fraction of sp³-hybridized carbons (Fsp3) is 0.176. The Morgan fingerprint density at radius 1 is 1.12 bits per heavy atom. The van der Waals surface area contributed by atoms with Gasteiger partial charge >= 0.3 is 12.1 Å². The zero-order chi connectivity index (χ0) is 17.5. The number of rotatable bonds is 6. The summed E-state index contributed by atoms with van der Waals surface area (Å²) < 4.78 is 32.1. The van der Waals surface area contributed by atoms with Crippen LogP contribution in [0.1, 0.15) is 23.6 Å². The van der Waals surface area contributed by atoms with Gasteiger partial charge in [-0.25, -0.2) is 13.6 Å². The van der Waals surface area contributed by atoms with Crippen LogP contribution in [-0.4, -0.2) is 17.2 Å². The van der Waals surface area contributed by atoms with Gasteiger partial charge in [0.15, 0.2) is 0 Å². The summed E-state index contributed by atoms with van der Waals surface area (Å²) in [5.74, 6) is -2.82. The topological polar surface area (TPSA) is 75.6 Å². The molecule has 0 saturated heterocycles. The molecular weight excluding hydrogens is 320 g/mol. The van der Waals surface area contributed by atoms with Crippen molar-refractivity contribution < 1.29 is 28.2 Å². The molecule has 0 heterocycles. The van der Waals surface area contributed by atoms with E-state index in [2.05, 4.69) is 5.32 Å². The van der Waals surface area contributed by atoms with E-state index in [0.717, 1.165) is 23.8 Å². The van der Waals surface area contributed by atoms with Crippen molar-refractivity contribution in [1.82, 2.24) is 5.32 Å². The summed E-state index contributed by atoms with van der Waals surface area (Å²) in [5, 5.41) is 11.2. The zero-order valence-corrected chi connectivity index (χ0v) is 12.5. The van der Waals surface area contributed by atoms with E-state index in [-0.39, 0.29) is 12.2 Å². The van der Waals surface area contributed by atoms with Gasteiger partial charge in [-0.2, -0.15) is 0 Å². The Bertz CT molecular complexity index is 722. The first-order valence-corrected chi connectivity index (χ1v) is 7.09. The van der Waals surface area contributed by atoms with Gasteiger partial charge in [-0.05, 0) is 23.8 Å². The molecule has 2 aromatic carbocycles. The van der Waals surface area contributed by atoms with Gasteiger partial charge < -0.3 is 15.2 Å². The summed E-state index contributed by atoms with van der Waals surface area (Å²) in [5.41, 5.74) is 0.480. The molecule has 0 spiro atoms. The van der Waals surface area contributed by atoms with Crippen molar-refractivity contribution >= 4 is 12.1 Å². The van der Waals surface area contributed by atoms with Crippen LogP contribution < -0.4 is 5.32 Å². The van der Waals surface area contributed by atoms with Gasteiger partial charge in [0.05, 0.1) is 12.5 Å². The molecule has 1 amide bonds. The number of ether oxygens (including phenoxy) is 1. The molecule has 5 nitrogen and oxygen atoms in total. The van der Waals surface area contributed by atoms with E-state index in [1.807, 2.05) is 0 Å². The summed E-state index contributed by atoms with van der Waals surface area (Å²) in [6.45, 7) is -0.0297. The number of halogens is 2. The van der Waals surface area contributed by atoms with Crippen LogP contribution in [0, 0.1) is 11.6 Å². The molecule has 0 aromatic heterocycles. The summed E-state index contributed by atoms with van der Waals surface area (Å²) in [7, 11) is 0. The molecule has 2 N–H and O–H groups in total. The Balaban J connectivity index is 2.06. The molecule has 7 heteroatoms. The van der Waals surface area contributed by atoms with Crippen molar-refractivity contribution in [1.29, 1.82) is 0 Å². The van der Waals surface area contributed by atoms with Gasteiger partial charge in [-0.15, -0.1) is 0 Å². The first-order chi connectivity index (χ1) is 11.5. The van der Waals surface area contributed by atoms with E-state index in [0.29, 0.717) is 0 Å². The molecule has 2 rings (SSSR count). The maximum atomic E-state index is 13.8. The Kier molecular flexibility index (Phi) is 5.83. The zero-order valence-electron chi connectivity index (χ0n) is 12.5. The number of nitrogens with one attached hydrogen (secondary N) is 1. The van der Waals surface area contributed by atoms with Crippen molar-refractivity contribution in [2.24, 2.45) is 0 Å². The number of benzene rings is 2. The molecule has 0 saturated carbocycles. The predicted octanol–water partition coefficient (Wildman–Crippen LogP) is 3.41. The minimum absolute atomic E-state index is 0.0297. The smallest absolute Gasteiger partial charge is 0.407 e. The van der Waals surface area contributed by atoms with E-state index in [1.165, 1.54) is 0 Å². The second-order valence-corrected chi connectivity index (χ2v) is 5.02. The predicted molar refractivity (Wildman–Crippen MR) is 81.1 cm³/mol. The number of carboxylic acid groups (broad SMARTS) is 1. The first kappa shape index (κ1) is 17.4. The number of carbonyl (C=O) groups excluding carboxylic acids is 1. The lowest BCUT2D eigenvalue weighted by Gasteiger charge is -2.18. The fourth-order valence-electron chi connectivity index (χ4n) is 2.10. The third kappa shape index (κ3) is 5.05. The molecule has 0 aliphatic rings. The molecule has 0 bridgehead atoms. The quantitative estimate of drug-likeness (QED) is 0.848. The van der Waals surface area contributed by atoms with Gasteiger partial charge in [-0.1, -0.05) is 30.3 Å². The monoisotopic (exact) mass is 335 g/mol. The second-order valence-electron chi connectivity index (χ2n) is 5.02.